The zero-order valence-corrected chi connectivity index (χ0v) is 18.4. The average Bonchev–Trinajstić information content (AvgIpc) is 3.25. The lowest BCUT2D eigenvalue weighted by atomic mass is 10.0. The summed E-state index contributed by atoms with van der Waals surface area (Å²) in [5.74, 6) is 1.67. The van der Waals surface area contributed by atoms with Crippen LogP contribution >= 0.6 is 0 Å². The number of aliphatic imine (C=N–C) groups is 1. The van der Waals surface area contributed by atoms with Crippen molar-refractivity contribution >= 4 is 17.2 Å². The maximum atomic E-state index is 9.21. The zero-order chi connectivity index (χ0) is 22.2. The van der Waals surface area contributed by atoms with Crippen molar-refractivity contribution in [1.82, 2.24) is 15.7 Å². The first-order valence-corrected chi connectivity index (χ1v) is 10.3. The van der Waals surface area contributed by atoms with Crippen LogP contribution in [0.3, 0.4) is 0 Å². The molecule has 31 heavy (non-hydrogen) atoms. The third-order valence-corrected chi connectivity index (χ3v) is 5.06. The Morgan fingerprint density at radius 3 is 2.81 bits per heavy atom. The van der Waals surface area contributed by atoms with Crippen molar-refractivity contribution in [2.24, 2.45) is 4.99 Å². The van der Waals surface area contributed by atoms with Gasteiger partial charge >= 0.3 is 0 Å². The number of nitrogens with zero attached hydrogens (tertiary/aromatic N) is 3. The average molecular weight is 427 g/mol. The van der Waals surface area contributed by atoms with Crippen molar-refractivity contribution in [2.45, 2.75) is 26.3 Å². The molecule has 1 aromatic rings. The van der Waals surface area contributed by atoms with Crippen LogP contribution in [0.1, 0.15) is 25.0 Å². The molecule has 3 N–H and O–H groups in total. The summed E-state index contributed by atoms with van der Waals surface area (Å²) >= 11 is 0. The Kier molecular flexibility index (Phi) is 8.03. The molecule has 0 aliphatic carbocycles. The second-order valence-corrected chi connectivity index (χ2v) is 7.12. The van der Waals surface area contributed by atoms with Crippen LogP contribution in [0.15, 0.2) is 41.1 Å². The number of hydroxylamine groups is 1. The molecule has 0 aromatic heterocycles. The third-order valence-electron chi connectivity index (χ3n) is 5.06. The third kappa shape index (κ3) is 5.62. The van der Waals surface area contributed by atoms with Crippen LogP contribution in [0.4, 0.5) is 5.69 Å². The van der Waals surface area contributed by atoms with Crippen molar-refractivity contribution in [2.75, 3.05) is 45.7 Å². The van der Waals surface area contributed by atoms with E-state index in [9.17, 15) is 5.26 Å². The lowest BCUT2D eigenvalue weighted by molar-refractivity contribution is 0.00691. The lowest BCUT2D eigenvalue weighted by Gasteiger charge is -2.34. The fraction of sp³-hybridized carbons (Fsp3) is 0.455. The van der Waals surface area contributed by atoms with E-state index in [2.05, 4.69) is 27.1 Å². The molecule has 0 fully saturated rings. The number of nitriles is 1. The Morgan fingerprint density at radius 1 is 1.29 bits per heavy atom. The van der Waals surface area contributed by atoms with Crippen LogP contribution in [-0.4, -0.2) is 63.6 Å². The lowest BCUT2D eigenvalue weighted by Crippen LogP contribution is -2.44. The Bertz CT molecular complexity index is 905. The van der Waals surface area contributed by atoms with Gasteiger partial charge in [0.1, 0.15) is 11.6 Å². The molecular formula is C22H30N6O3. The highest BCUT2D eigenvalue weighted by Crippen LogP contribution is 2.30. The molecule has 0 saturated carbocycles. The van der Waals surface area contributed by atoms with Gasteiger partial charge in [-0.1, -0.05) is 0 Å². The maximum absolute atomic E-state index is 9.21. The highest BCUT2D eigenvalue weighted by atomic mass is 16.7. The van der Waals surface area contributed by atoms with Gasteiger partial charge in [-0.25, -0.2) is 4.99 Å². The van der Waals surface area contributed by atoms with Crippen LogP contribution < -0.4 is 16.1 Å². The Labute approximate surface area is 183 Å². The van der Waals surface area contributed by atoms with E-state index in [1.165, 1.54) is 0 Å². The van der Waals surface area contributed by atoms with E-state index in [1.54, 1.807) is 14.2 Å². The van der Waals surface area contributed by atoms with E-state index in [-0.39, 0.29) is 12.5 Å². The van der Waals surface area contributed by atoms with Crippen LogP contribution in [0.25, 0.3) is 5.70 Å². The number of methoxy groups -OCH3 is 2. The second-order valence-electron chi connectivity index (χ2n) is 7.12. The Morgan fingerprint density at radius 2 is 2.13 bits per heavy atom. The predicted molar refractivity (Wildman–Crippen MR) is 120 cm³/mol. The maximum Gasteiger partial charge on any atom is 0.162 e. The van der Waals surface area contributed by atoms with Gasteiger partial charge in [0, 0.05) is 51.2 Å². The van der Waals surface area contributed by atoms with Crippen molar-refractivity contribution in [1.29, 1.82) is 5.26 Å². The number of rotatable bonds is 10. The molecule has 0 radical (unpaired) electrons. The summed E-state index contributed by atoms with van der Waals surface area (Å²) < 4.78 is 10.9. The van der Waals surface area contributed by atoms with E-state index in [0.29, 0.717) is 12.1 Å². The molecule has 0 spiro atoms. The SMILES string of the molecule is CCNc1cc(C#N)ccc1C1=CC(OC)N(CCNCC2=CC(OC)NO2)C(C)=N1. The molecule has 0 saturated heterocycles. The molecule has 2 aliphatic heterocycles. The molecule has 0 bridgehead atoms. The molecule has 0 amide bonds. The number of anilines is 1. The molecule has 2 unspecified atom stereocenters. The molecule has 1 aromatic carbocycles. The normalized spacial score (nSPS) is 20.5. The number of ether oxygens (including phenoxy) is 2. The number of nitrogens with one attached hydrogen (secondary N) is 3. The fourth-order valence-corrected chi connectivity index (χ4v) is 3.49. The fourth-order valence-electron chi connectivity index (χ4n) is 3.49. The largest absolute Gasteiger partial charge is 0.409 e. The van der Waals surface area contributed by atoms with Gasteiger partial charge < -0.3 is 29.8 Å². The van der Waals surface area contributed by atoms with E-state index >= 15 is 0 Å². The first-order valence-electron chi connectivity index (χ1n) is 10.3. The van der Waals surface area contributed by atoms with Crippen LogP contribution in [0.2, 0.25) is 0 Å². The summed E-state index contributed by atoms with van der Waals surface area (Å²) in [6.45, 7) is 6.81. The van der Waals surface area contributed by atoms with Crippen LogP contribution in [0, 0.1) is 11.3 Å². The number of amidine groups is 1. The topological polar surface area (TPSA) is 103 Å². The summed E-state index contributed by atoms with van der Waals surface area (Å²) in [6, 6.07) is 7.78. The summed E-state index contributed by atoms with van der Waals surface area (Å²) in [5.41, 5.74) is 6.06. The summed E-state index contributed by atoms with van der Waals surface area (Å²) in [6.07, 6.45) is 3.46. The predicted octanol–water partition coefficient (Wildman–Crippen LogP) is 2.02. The van der Waals surface area contributed by atoms with Crippen LogP contribution in [0.5, 0.6) is 0 Å². The van der Waals surface area contributed by atoms with E-state index < -0.39 is 0 Å². The molecule has 2 heterocycles. The second kappa shape index (κ2) is 10.9. The molecule has 166 valence electrons. The highest BCUT2D eigenvalue weighted by Gasteiger charge is 2.24. The molecule has 9 nitrogen and oxygen atoms in total. The quantitative estimate of drug-likeness (QED) is 0.488. The number of hydrogen-bond donors (Lipinski definition) is 3. The zero-order valence-electron chi connectivity index (χ0n) is 18.4. The minimum atomic E-state index is -0.235. The van der Waals surface area contributed by atoms with Crippen LogP contribution in [-0.2, 0) is 14.3 Å². The van der Waals surface area contributed by atoms with E-state index in [0.717, 1.165) is 48.2 Å². The molecular weight excluding hydrogens is 396 g/mol. The monoisotopic (exact) mass is 426 g/mol. The molecule has 9 heteroatoms. The first kappa shape index (κ1) is 22.8. The van der Waals surface area contributed by atoms with Gasteiger partial charge in [0.15, 0.2) is 12.5 Å². The van der Waals surface area contributed by atoms with Gasteiger partial charge in [-0.2, -0.15) is 5.26 Å². The van der Waals surface area contributed by atoms with Crippen molar-refractivity contribution in [3.05, 3.63) is 47.2 Å². The Hall–Kier alpha value is -2.90. The molecule has 3 rings (SSSR count). The highest BCUT2D eigenvalue weighted by molar-refractivity contribution is 5.91. The summed E-state index contributed by atoms with van der Waals surface area (Å²) in [7, 11) is 3.31. The summed E-state index contributed by atoms with van der Waals surface area (Å²) in [5, 5.41) is 15.9. The van der Waals surface area contributed by atoms with Crippen molar-refractivity contribution in [3.63, 3.8) is 0 Å². The van der Waals surface area contributed by atoms with Crippen molar-refractivity contribution in [3.8, 4) is 6.07 Å². The molecule has 2 aliphatic rings. The standard InChI is InChI=1S/C22H30N6O3/c1-5-25-19-10-16(13-23)6-7-18(19)20-12-22(30-4)28(15(2)26-20)9-8-24-14-17-11-21(29-3)27-31-17/h6-7,10-12,21-22,24-25,27H,5,8-9,14H2,1-4H3. The molecule has 2 atom stereocenters. The van der Waals surface area contributed by atoms with Gasteiger partial charge in [-0.05, 0) is 38.1 Å². The van der Waals surface area contributed by atoms with Gasteiger partial charge in [0.2, 0.25) is 0 Å². The first-order chi connectivity index (χ1) is 15.1. The Balaban J connectivity index is 1.66. The van der Waals surface area contributed by atoms with Gasteiger partial charge in [0.05, 0.1) is 23.9 Å². The number of benzene rings is 1. The summed E-state index contributed by atoms with van der Waals surface area (Å²) in [4.78, 5) is 12.3. The smallest absolute Gasteiger partial charge is 0.162 e. The van der Waals surface area contributed by atoms with Gasteiger partial charge in [0.25, 0.3) is 0 Å². The van der Waals surface area contributed by atoms with Gasteiger partial charge in [-0.3, -0.25) is 0 Å². The van der Waals surface area contributed by atoms with E-state index in [1.807, 2.05) is 44.2 Å². The number of hydrogen-bond acceptors (Lipinski definition) is 9. The van der Waals surface area contributed by atoms with Gasteiger partial charge in [-0.15, -0.1) is 5.48 Å². The minimum absolute atomic E-state index is 0.205. The minimum Gasteiger partial charge on any atom is -0.409 e. The van der Waals surface area contributed by atoms with Crippen molar-refractivity contribution < 1.29 is 14.3 Å². The van der Waals surface area contributed by atoms with E-state index in [4.69, 9.17) is 19.3 Å².